The zero-order valence-corrected chi connectivity index (χ0v) is 18.3. The Morgan fingerprint density at radius 2 is 1.81 bits per heavy atom. The third kappa shape index (κ3) is 5.22. The molecule has 0 bridgehead atoms. The average molecular weight is 465 g/mol. The quantitative estimate of drug-likeness (QED) is 0.413. The van der Waals surface area contributed by atoms with Gasteiger partial charge in [0.05, 0.1) is 4.91 Å². The number of carbonyl (C=O) groups is 2. The highest BCUT2D eigenvalue weighted by molar-refractivity contribution is 8.26. The molecule has 0 unspecified atom stereocenters. The number of thiocarbonyl (C=S) groups is 1. The molecule has 1 aliphatic heterocycles. The summed E-state index contributed by atoms with van der Waals surface area (Å²) in [6, 6.07) is 21.9. The standard InChI is InChI=1S/C24H17FN2O3S2/c25-19-11-9-16(10-12-19)15-30-20-8-4-5-17(13-20)14-21-23(29)27(24(31)32-21)26-22(28)18-6-2-1-3-7-18/h1-14H,15H2,(H,26,28)/b21-14+. The van der Waals surface area contributed by atoms with Crippen molar-refractivity contribution in [3.05, 3.63) is 106 Å². The van der Waals surface area contributed by atoms with Crippen molar-refractivity contribution >= 4 is 46.2 Å². The first-order valence-electron chi connectivity index (χ1n) is 9.61. The first kappa shape index (κ1) is 21.7. The van der Waals surface area contributed by atoms with Crippen LogP contribution in [0.4, 0.5) is 4.39 Å². The molecule has 0 spiro atoms. The fraction of sp³-hybridized carbons (Fsp3) is 0.0417. The number of hydrogen-bond acceptors (Lipinski definition) is 5. The normalized spacial score (nSPS) is 14.7. The van der Waals surface area contributed by atoms with E-state index in [0.29, 0.717) is 16.2 Å². The predicted molar refractivity (Wildman–Crippen MR) is 126 cm³/mol. The van der Waals surface area contributed by atoms with Gasteiger partial charge in [0, 0.05) is 5.56 Å². The van der Waals surface area contributed by atoms with Gasteiger partial charge in [0.15, 0.2) is 4.32 Å². The van der Waals surface area contributed by atoms with E-state index in [9.17, 15) is 14.0 Å². The first-order valence-corrected chi connectivity index (χ1v) is 10.8. The lowest BCUT2D eigenvalue weighted by Gasteiger charge is -2.15. The van der Waals surface area contributed by atoms with E-state index in [1.165, 1.54) is 12.1 Å². The van der Waals surface area contributed by atoms with Crippen LogP contribution in [-0.4, -0.2) is 21.1 Å². The van der Waals surface area contributed by atoms with Crippen molar-refractivity contribution in [2.45, 2.75) is 6.61 Å². The number of hydrogen-bond donors (Lipinski definition) is 1. The fourth-order valence-corrected chi connectivity index (χ4v) is 4.09. The molecule has 0 saturated carbocycles. The van der Waals surface area contributed by atoms with Crippen molar-refractivity contribution in [1.29, 1.82) is 0 Å². The van der Waals surface area contributed by atoms with Crippen LogP contribution >= 0.6 is 24.0 Å². The minimum absolute atomic E-state index is 0.245. The van der Waals surface area contributed by atoms with Crippen molar-refractivity contribution in [2.75, 3.05) is 0 Å². The second kappa shape index (κ2) is 9.76. The van der Waals surface area contributed by atoms with Crippen molar-refractivity contribution in [3.8, 4) is 5.75 Å². The Labute approximate surface area is 193 Å². The minimum Gasteiger partial charge on any atom is -0.489 e. The van der Waals surface area contributed by atoms with Crippen LogP contribution < -0.4 is 10.2 Å². The lowest BCUT2D eigenvalue weighted by atomic mass is 10.2. The molecule has 4 rings (SSSR count). The molecule has 2 amide bonds. The molecular weight excluding hydrogens is 447 g/mol. The van der Waals surface area contributed by atoms with Gasteiger partial charge in [-0.25, -0.2) is 4.39 Å². The molecule has 1 saturated heterocycles. The van der Waals surface area contributed by atoms with Gasteiger partial charge in [-0.1, -0.05) is 54.2 Å². The zero-order chi connectivity index (χ0) is 22.5. The first-order chi connectivity index (χ1) is 15.5. The Morgan fingerprint density at radius 1 is 1.06 bits per heavy atom. The van der Waals surface area contributed by atoms with Crippen molar-refractivity contribution in [2.24, 2.45) is 0 Å². The number of amides is 2. The SMILES string of the molecule is O=C(NN1C(=O)/C(=C\c2cccc(OCc3ccc(F)cc3)c2)SC1=S)c1ccccc1. The van der Waals surface area contributed by atoms with Gasteiger partial charge in [-0.3, -0.25) is 15.0 Å². The number of nitrogens with one attached hydrogen (secondary N) is 1. The van der Waals surface area contributed by atoms with Gasteiger partial charge in [0.25, 0.3) is 11.8 Å². The number of hydrazine groups is 1. The lowest BCUT2D eigenvalue weighted by molar-refractivity contribution is -0.123. The molecule has 5 nitrogen and oxygen atoms in total. The third-order valence-electron chi connectivity index (χ3n) is 4.52. The van der Waals surface area contributed by atoms with E-state index >= 15 is 0 Å². The van der Waals surface area contributed by atoms with Gasteiger partial charge in [0.1, 0.15) is 18.2 Å². The number of carbonyl (C=O) groups excluding carboxylic acids is 2. The summed E-state index contributed by atoms with van der Waals surface area (Å²) in [5, 5.41) is 1.08. The number of thioether (sulfide) groups is 1. The molecule has 0 radical (unpaired) electrons. The van der Waals surface area contributed by atoms with E-state index in [1.807, 2.05) is 12.1 Å². The molecule has 1 heterocycles. The smallest absolute Gasteiger partial charge is 0.285 e. The van der Waals surface area contributed by atoms with E-state index in [-0.39, 0.29) is 16.7 Å². The van der Waals surface area contributed by atoms with Gasteiger partial charge in [-0.15, -0.1) is 0 Å². The van der Waals surface area contributed by atoms with Crippen LogP contribution in [0, 0.1) is 5.82 Å². The van der Waals surface area contributed by atoms with E-state index in [2.05, 4.69) is 5.43 Å². The van der Waals surface area contributed by atoms with Crippen LogP contribution in [0.1, 0.15) is 21.5 Å². The summed E-state index contributed by atoms with van der Waals surface area (Å²) in [6.45, 7) is 0.289. The predicted octanol–water partition coefficient (Wildman–Crippen LogP) is 4.95. The Morgan fingerprint density at radius 3 is 2.56 bits per heavy atom. The molecule has 160 valence electrons. The summed E-state index contributed by atoms with van der Waals surface area (Å²) in [5.41, 5.74) is 4.57. The number of nitrogens with zero attached hydrogens (tertiary/aromatic N) is 1. The largest absolute Gasteiger partial charge is 0.489 e. The summed E-state index contributed by atoms with van der Waals surface area (Å²) in [7, 11) is 0. The molecule has 1 aliphatic rings. The van der Waals surface area contributed by atoms with Crippen molar-refractivity contribution < 1.29 is 18.7 Å². The molecule has 8 heteroatoms. The Kier molecular flexibility index (Phi) is 6.63. The van der Waals surface area contributed by atoms with Gasteiger partial charge in [-0.2, -0.15) is 5.01 Å². The summed E-state index contributed by atoms with van der Waals surface area (Å²) in [6.07, 6.45) is 1.69. The Balaban J connectivity index is 1.43. The van der Waals surface area contributed by atoms with Crippen molar-refractivity contribution in [3.63, 3.8) is 0 Å². The minimum atomic E-state index is -0.417. The molecule has 1 N–H and O–H groups in total. The van der Waals surface area contributed by atoms with Crippen LogP contribution in [-0.2, 0) is 11.4 Å². The fourth-order valence-electron chi connectivity index (χ4n) is 2.91. The van der Waals surface area contributed by atoms with Crippen LogP contribution in [0.25, 0.3) is 6.08 Å². The summed E-state index contributed by atoms with van der Waals surface area (Å²) < 4.78 is 19.0. The molecule has 0 aliphatic carbocycles. The maximum atomic E-state index is 13.0. The molecule has 0 aromatic heterocycles. The highest BCUT2D eigenvalue weighted by Crippen LogP contribution is 2.32. The Bertz CT molecular complexity index is 1200. The zero-order valence-electron chi connectivity index (χ0n) is 16.7. The molecule has 0 atom stereocenters. The van der Waals surface area contributed by atoms with Crippen LogP contribution in [0.3, 0.4) is 0 Å². The molecule has 3 aromatic carbocycles. The third-order valence-corrected chi connectivity index (χ3v) is 5.82. The molecule has 3 aromatic rings. The summed E-state index contributed by atoms with van der Waals surface area (Å²) in [4.78, 5) is 25.5. The summed E-state index contributed by atoms with van der Waals surface area (Å²) >= 11 is 6.38. The van der Waals surface area contributed by atoms with E-state index in [0.717, 1.165) is 27.9 Å². The Hall–Kier alpha value is -3.49. The lowest BCUT2D eigenvalue weighted by Crippen LogP contribution is -2.44. The highest BCUT2D eigenvalue weighted by atomic mass is 32.2. The second-order valence-electron chi connectivity index (χ2n) is 6.81. The molecule has 32 heavy (non-hydrogen) atoms. The second-order valence-corrected chi connectivity index (χ2v) is 8.49. The molecule has 1 fully saturated rings. The maximum Gasteiger partial charge on any atom is 0.285 e. The van der Waals surface area contributed by atoms with E-state index in [4.69, 9.17) is 17.0 Å². The number of rotatable bonds is 6. The van der Waals surface area contributed by atoms with Gasteiger partial charge < -0.3 is 4.74 Å². The molecular formula is C24H17FN2O3S2. The number of halogens is 1. The van der Waals surface area contributed by atoms with E-state index < -0.39 is 11.8 Å². The van der Waals surface area contributed by atoms with Gasteiger partial charge >= 0.3 is 0 Å². The van der Waals surface area contributed by atoms with Crippen LogP contribution in [0.15, 0.2) is 83.8 Å². The van der Waals surface area contributed by atoms with Gasteiger partial charge in [-0.05, 0) is 65.8 Å². The summed E-state index contributed by atoms with van der Waals surface area (Å²) in [5.74, 6) is -0.509. The van der Waals surface area contributed by atoms with Crippen LogP contribution in [0.2, 0.25) is 0 Å². The number of ether oxygens (including phenoxy) is 1. The highest BCUT2D eigenvalue weighted by Gasteiger charge is 2.33. The van der Waals surface area contributed by atoms with Crippen LogP contribution in [0.5, 0.6) is 5.75 Å². The number of benzene rings is 3. The van der Waals surface area contributed by atoms with Gasteiger partial charge in [0.2, 0.25) is 0 Å². The monoisotopic (exact) mass is 464 g/mol. The van der Waals surface area contributed by atoms with E-state index in [1.54, 1.807) is 60.7 Å². The maximum absolute atomic E-state index is 13.0. The topological polar surface area (TPSA) is 58.6 Å². The van der Waals surface area contributed by atoms with Crippen molar-refractivity contribution in [1.82, 2.24) is 10.4 Å². The average Bonchev–Trinajstić information content (AvgIpc) is 3.07.